The molecule has 1 aliphatic heterocycles. The molecule has 0 saturated carbocycles. The monoisotopic (exact) mass is 694 g/mol. The average molecular weight is 695 g/mol. The van der Waals surface area contributed by atoms with Gasteiger partial charge >= 0.3 is 6.09 Å². The summed E-state index contributed by atoms with van der Waals surface area (Å²) in [6.45, 7) is 4.17. The largest absolute Gasteiger partial charge is 0.506 e. The van der Waals surface area contributed by atoms with E-state index < -0.39 is 12.2 Å². The van der Waals surface area contributed by atoms with Gasteiger partial charge in [-0.25, -0.2) is 14.5 Å². The summed E-state index contributed by atoms with van der Waals surface area (Å²) in [5, 5.41) is 36.4. The van der Waals surface area contributed by atoms with Crippen LogP contribution in [0.15, 0.2) is 83.1 Å². The van der Waals surface area contributed by atoms with Crippen LogP contribution in [-0.2, 0) is 17.8 Å². The Labute approximate surface area is 291 Å². The molecule has 7 rings (SSSR count). The van der Waals surface area contributed by atoms with E-state index >= 15 is 0 Å². The summed E-state index contributed by atoms with van der Waals surface area (Å²) >= 11 is 1.48. The topological polar surface area (TPSA) is 171 Å². The van der Waals surface area contributed by atoms with Crippen molar-refractivity contribution in [2.45, 2.75) is 44.6 Å². The second-order valence-electron chi connectivity index (χ2n) is 12.4. The Morgan fingerprint density at radius 1 is 1.06 bits per heavy atom. The van der Waals surface area contributed by atoms with E-state index in [4.69, 9.17) is 4.74 Å². The molecule has 13 nitrogen and oxygen atoms in total. The lowest BCUT2D eigenvalue weighted by Crippen LogP contribution is -2.39. The van der Waals surface area contributed by atoms with Crippen molar-refractivity contribution in [3.63, 3.8) is 0 Å². The van der Waals surface area contributed by atoms with E-state index in [1.54, 1.807) is 17.6 Å². The molecule has 1 atom stereocenters. The number of pyridine rings is 1. The minimum atomic E-state index is -0.839. The number of aromatic hydroxyl groups is 1. The second-order valence-corrected chi connectivity index (χ2v) is 13.2. The lowest BCUT2D eigenvalue weighted by molar-refractivity contribution is 0.0582. The van der Waals surface area contributed by atoms with Crippen LogP contribution in [-0.4, -0.2) is 78.5 Å². The van der Waals surface area contributed by atoms with E-state index in [-0.39, 0.29) is 24.0 Å². The van der Waals surface area contributed by atoms with Crippen molar-refractivity contribution in [2.75, 3.05) is 31.5 Å². The van der Waals surface area contributed by atoms with E-state index in [1.165, 1.54) is 23.5 Å². The predicted octanol–water partition coefficient (Wildman–Crippen LogP) is 5.03. The van der Waals surface area contributed by atoms with Crippen LogP contribution in [0.4, 0.5) is 10.6 Å². The Balaban J connectivity index is 0.838. The molecule has 5 N–H and O–H groups in total. The number of aliphatic hydroxyl groups is 1. The summed E-state index contributed by atoms with van der Waals surface area (Å²) in [6, 6.07) is 22.0. The Bertz CT molecular complexity index is 2140. The quantitative estimate of drug-likeness (QED) is 0.117. The van der Waals surface area contributed by atoms with Gasteiger partial charge in [0.25, 0.3) is 0 Å². The zero-order valence-corrected chi connectivity index (χ0v) is 28.1. The number of H-pyrrole nitrogens is 1. The van der Waals surface area contributed by atoms with Gasteiger partial charge in [-0.2, -0.15) is 0 Å². The highest BCUT2D eigenvalue weighted by Crippen LogP contribution is 2.32. The fourth-order valence-electron chi connectivity index (χ4n) is 6.41. The Morgan fingerprint density at radius 3 is 2.74 bits per heavy atom. The lowest BCUT2D eigenvalue weighted by Gasteiger charge is -2.31. The number of aromatic nitrogens is 5. The number of piperidine rings is 1. The van der Waals surface area contributed by atoms with Gasteiger partial charge in [-0.1, -0.05) is 47.7 Å². The molecule has 1 fully saturated rings. The molecule has 1 amide bonds. The molecule has 1 unspecified atom stereocenters. The lowest BCUT2D eigenvalue weighted by atomic mass is 10.0. The average Bonchev–Trinajstić information content (AvgIpc) is 3.76. The SMILES string of the molecule is O=C(Nc1ncsc1-c1ccccc1)OC1CCN(CCCn2nnc3cc(CNCC(O)c4ccc(O)c5[nH]c(=O)ccc45)ccc32)CC1. The number of rotatable bonds is 12. The normalized spacial score (nSPS) is 14.7. The molecule has 6 aromatic rings. The molecule has 1 aliphatic rings. The van der Waals surface area contributed by atoms with Gasteiger partial charge in [-0.3, -0.25) is 10.1 Å². The van der Waals surface area contributed by atoms with Crippen LogP contribution in [0.2, 0.25) is 0 Å². The first-order valence-electron chi connectivity index (χ1n) is 16.7. The molecule has 258 valence electrons. The summed E-state index contributed by atoms with van der Waals surface area (Å²) in [5.74, 6) is 0.483. The number of aryl methyl sites for hydroxylation is 1. The van der Waals surface area contributed by atoms with Gasteiger partial charge in [0, 0.05) is 44.2 Å². The van der Waals surface area contributed by atoms with Gasteiger partial charge in [0.2, 0.25) is 5.56 Å². The number of fused-ring (bicyclic) bond motifs is 2. The third-order valence-corrected chi connectivity index (χ3v) is 9.86. The zero-order chi connectivity index (χ0) is 34.5. The van der Waals surface area contributed by atoms with E-state index in [1.807, 2.05) is 53.2 Å². The van der Waals surface area contributed by atoms with Crippen molar-refractivity contribution in [3.8, 4) is 16.2 Å². The number of aliphatic hydroxyl groups excluding tert-OH is 1. The molecule has 0 spiro atoms. The molecule has 14 heteroatoms. The predicted molar refractivity (Wildman–Crippen MR) is 192 cm³/mol. The number of carbonyl (C=O) groups excluding carboxylic acids is 1. The number of ether oxygens (including phenoxy) is 1. The van der Waals surface area contributed by atoms with E-state index in [2.05, 4.69) is 35.8 Å². The van der Waals surface area contributed by atoms with Crippen LogP contribution < -0.4 is 16.2 Å². The van der Waals surface area contributed by atoms with Crippen molar-refractivity contribution in [3.05, 3.63) is 99.8 Å². The minimum Gasteiger partial charge on any atom is -0.506 e. The van der Waals surface area contributed by atoms with Gasteiger partial charge in [0.1, 0.15) is 17.4 Å². The minimum absolute atomic E-state index is 0.0395. The Kier molecular flexibility index (Phi) is 10.1. The van der Waals surface area contributed by atoms with Gasteiger partial charge in [0.05, 0.1) is 27.5 Å². The maximum absolute atomic E-state index is 12.6. The van der Waals surface area contributed by atoms with Crippen LogP contribution in [0.1, 0.15) is 36.5 Å². The first-order valence-corrected chi connectivity index (χ1v) is 17.5. The van der Waals surface area contributed by atoms with Crippen LogP contribution in [0.25, 0.3) is 32.4 Å². The molecule has 0 aliphatic carbocycles. The molecule has 3 aromatic heterocycles. The number of phenolic OH excluding ortho intramolecular Hbond substituents is 1. The number of nitrogens with zero attached hydrogens (tertiary/aromatic N) is 5. The van der Waals surface area contributed by atoms with Crippen LogP contribution in [0, 0.1) is 0 Å². The van der Waals surface area contributed by atoms with E-state index in [9.17, 15) is 19.8 Å². The number of hydrogen-bond acceptors (Lipinski definition) is 11. The maximum atomic E-state index is 12.6. The summed E-state index contributed by atoms with van der Waals surface area (Å²) in [7, 11) is 0. The van der Waals surface area contributed by atoms with Crippen molar-refractivity contribution in [2.24, 2.45) is 0 Å². The summed E-state index contributed by atoms with van der Waals surface area (Å²) in [4.78, 5) is 34.6. The smallest absolute Gasteiger partial charge is 0.413 e. The summed E-state index contributed by atoms with van der Waals surface area (Å²) in [6.07, 6.45) is 1.04. The number of thiazole rings is 1. The standard InChI is InChI=1S/C36H38N8O5S/c45-30-11-8-26(27-9-12-32(47)39-33(27)30)31(46)21-37-20-23-7-10-29-28(19-23)41-42-44(29)16-4-15-43-17-13-25(14-18-43)49-36(48)40-35-34(50-22-38-35)24-5-2-1-3-6-24/h1-3,5-12,19,22,25,31,37,45-46H,4,13-18,20-21H2,(H,39,47)(H,40,48). The van der Waals surface area contributed by atoms with Gasteiger partial charge in [0.15, 0.2) is 5.82 Å². The summed E-state index contributed by atoms with van der Waals surface area (Å²) < 4.78 is 7.66. The Hall–Kier alpha value is -5.15. The third-order valence-electron chi connectivity index (χ3n) is 8.99. The molecule has 4 heterocycles. The molecular formula is C36H38N8O5S. The van der Waals surface area contributed by atoms with Crippen molar-refractivity contribution >= 4 is 45.2 Å². The van der Waals surface area contributed by atoms with Crippen molar-refractivity contribution in [1.82, 2.24) is 35.2 Å². The molecule has 50 heavy (non-hydrogen) atoms. The first kappa shape index (κ1) is 33.4. The third kappa shape index (κ3) is 7.68. The zero-order valence-electron chi connectivity index (χ0n) is 27.3. The first-order chi connectivity index (χ1) is 24.4. The highest BCUT2D eigenvalue weighted by atomic mass is 32.1. The highest BCUT2D eigenvalue weighted by molar-refractivity contribution is 7.13. The van der Waals surface area contributed by atoms with E-state index in [0.717, 1.165) is 72.5 Å². The molecule has 3 aromatic carbocycles. The fraction of sp³-hybridized carbons (Fsp3) is 0.306. The second kappa shape index (κ2) is 15.2. The number of amides is 1. The number of benzene rings is 3. The Morgan fingerprint density at radius 2 is 1.90 bits per heavy atom. The van der Waals surface area contributed by atoms with Crippen molar-refractivity contribution < 1.29 is 19.7 Å². The highest BCUT2D eigenvalue weighted by Gasteiger charge is 2.23. The number of phenols is 1. The number of hydrogen-bond donors (Lipinski definition) is 5. The van der Waals surface area contributed by atoms with Crippen molar-refractivity contribution in [1.29, 1.82) is 0 Å². The molecule has 0 bridgehead atoms. The number of likely N-dealkylation sites (tertiary alicyclic amines) is 1. The summed E-state index contributed by atoms with van der Waals surface area (Å²) in [5.41, 5.74) is 6.12. The fourth-order valence-corrected chi connectivity index (χ4v) is 7.16. The molecular weight excluding hydrogens is 657 g/mol. The number of nitrogens with one attached hydrogen (secondary N) is 3. The number of aromatic amines is 1. The van der Waals surface area contributed by atoms with Gasteiger partial charge < -0.3 is 30.2 Å². The number of carbonyl (C=O) groups is 1. The van der Waals surface area contributed by atoms with Gasteiger partial charge in [-0.05, 0) is 66.8 Å². The van der Waals surface area contributed by atoms with Gasteiger partial charge in [-0.15, -0.1) is 16.4 Å². The number of anilines is 1. The van der Waals surface area contributed by atoms with E-state index in [0.29, 0.717) is 28.8 Å². The molecule has 1 saturated heterocycles. The maximum Gasteiger partial charge on any atom is 0.413 e. The van der Waals surface area contributed by atoms with Crippen LogP contribution >= 0.6 is 11.3 Å². The molecule has 0 radical (unpaired) electrons. The van der Waals surface area contributed by atoms with Crippen LogP contribution in [0.3, 0.4) is 0 Å². The van der Waals surface area contributed by atoms with Crippen LogP contribution in [0.5, 0.6) is 5.75 Å².